The highest BCUT2D eigenvalue weighted by Crippen LogP contribution is 2.33. The van der Waals surface area contributed by atoms with Gasteiger partial charge in [-0.25, -0.2) is 0 Å². The minimum absolute atomic E-state index is 0.122. The molecule has 27 heavy (non-hydrogen) atoms. The second kappa shape index (κ2) is 8.97. The SMILES string of the molecule is COc1ccc(C)cc1C(C(=O)O)N1CCC(OCc2ccccn2)CC1. The lowest BCUT2D eigenvalue weighted by atomic mass is 9.98. The summed E-state index contributed by atoms with van der Waals surface area (Å²) >= 11 is 0. The van der Waals surface area contributed by atoms with Gasteiger partial charge in [0.25, 0.3) is 0 Å². The van der Waals surface area contributed by atoms with Gasteiger partial charge in [-0.1, -0.05) is 23.8 Å². The first-order valence-electron chi connectivity index (χ1n) is 9.21. The van der Waals surface area contributed by atoms with Crippen molar-refractivity contribution in [2.45, 2.75) is 38.5 Å². The summed E-state index contributed by atoms with van der Waals surface area (Å²) in [7, 11) is 1.57. The van der Waals surface area contributed by atoms with Gasteiger partial charge in [-0.15, -0.1) is 0 Å². The van der Waals surface area contributed by atoms with E-state index in [1.807, 2.05) is 48.2 Å². The number of pyridine rings is 1. The van der Waals surface area contributed by atoms with Crippen LogP contribution in [0.15, 0.2) is 42.6 Å². The van der Waals surface area contributed by atoms with Gasteiger partial charge < -0.3 is 14.6 Å². The number of aromatic nitrogens is 1. The number of methoxy groups -OCH3 is 1. The van der Waals surface area contributed by atoms with Gasteiger partial charge in [0.15, 0.2) is 0 Å². The molecule has 1 fully saturated rings. The number of aryl methyl sites for hydroxylation is 1. The smallest absolute Gasteiger partial charge is 0.325 e. The maximum Gasteiger partial charge on any atom is 0.325 e. The summed E-state index contributed by atoms with van der Waals surface area (Å²) in [6.45, 7) is 3.78. The molecule has 0 amide bonds. The third-order valence-corrected chi connectivity index (χ3v) is 4.95. The maximum absolute atomic E-state index is 12.0. The molecule has 0 aliphatic carbocycles. The Balaban J connectivity index is 1.64. The Morgan fingerprint density at radius 2 is 2.07 bits per heavy atom. The summed E-state index contributed by atoms with van der Waals surface area (Å²) in [5.41, 5.74) is 2.64. The van der Waals surface area contributed by atoms with Crippen molar-refractivity contribution in [3.63, 3.8) is 0 Å². The molecule has 2 heterocycles. The number of hydrogen-bond donors (Lipinski definition) is 1. The summed E-state index contributed by atoms with van der Waals surface area (Å²) < 4.78 is 11.4. The van der Waals surface area contributed by atoms with E-state index in [1.54, 1.807) is 13.3 Å². The zero-order valence-electron chi connectivity index (χ0n) is 15.8. The topological polar surface area (TPSA) is 71.9 Å². The van der Waals surface area contributed by atoms with Crippen molar-refractivity contribution >= 4 is 5.97 Å². The highest BCUT2D eigenvalue weighted by molar-refractivity contribution is 5.77. The predicted octanol–water partition coefficient (Wildman–Crippen LogP) is 3.21. The quantitative estimate of drug-likeness (QED) is 0.807. The molecule has 0 saturated carbocycles. The fourth-order valence-corrected chi connectivity index (χ4v) is 3.54. The van der Waals surface area contributed by atoms with Gasteiger partial charge in [0.1, 0.15) is 11.8 Å². The Morgan fingerprint density at radius 1 is 1.30 bits per heavy atom. The molecule has 1 aromatic heterocycles. The van der Waals surface area contributed by atoms with Crippen molar-refractivity contribution < 1.29 is 19.4 Å². The van der Waals surface area contributed by atoms with Crippen LogP contribution in [0.3, 0.4) is 0 Å². The average Bonchev–Trinajstić information content (AvgIpc) is 2.68. The van der Waals surface area contributed by atoms with Crippen LogP contribution >= 0.6 is 0 Å². The number of likely N-dealkylation sites (tertiary alicyclic amines) is 1. The van der Waals surface area contributed by atoms with Crippen LogP contribution in [0.1, 0.15) is 35.7 Å². The van der Waals surface area contributed by atoms with Crippen LogP contribution in [-0.2, 0) is 16.1 Å². The van der Waals surface area contributed by atoms with E-state index in [0.717, 1.165) is 24.1 Å². The van der Waals surface area contributed by atoms with Crippen molar-refractivity contribution in [2.24, 2.45) is 0 Å². The third kappa shape index (κ3) is 4.84. The summed E-state index contributed by atoms with van der Waals surface area (Å²) in [5.74, 6) is -0.242. The molecule has 3 rings (SSSR count). The number of carbonyl (C=O) groups is 1. The highest BCUT2D eigenvalue weighted by atomic mass is 16.5. The van der Waals surface area contributed by atoms with E-state index < -0.39 is 12.0 Å². The van der Waals surface area contributed by atoms with Crippen molar-refractivity contribution in [1.82, 2.24) is 9.88 Å². The number of hydrogen-bond acceptors (Lipinski definition) is 5. The fourth-order valence-electron chi connectivity index (χ4n) is 3.54. The molecule has 1 unspecified atom stereocenters. The standard InChI is InChI=1S/C21H26N2O4/c1-15-6-7-19(26-2)18(13-15)20(21(24)25)23-11-8-17(9-12-23)27-14-16-5-3-4-10-22-16/h3-7,10,13,17,20H,8-9,11-12,14H2,1-2H3,(H,24,25). The molecule has 6 nitrogen and oxygen atoms in total. The summed E-state index contributed by atoms with van der Waals surface area (Å²) in [6, 6.07) is 10.7. The number of rotatable bonds is 7. The van der Waals surface area contributed by atoms with Crippen LogP contribution in [0.5, 0.6) is 5.75 Å². The first-order chi connectivity index (χ1) is 13.1. The maximum atomic E-state index is 12.0. The Labute approximate surface area is 159 Å². The van der Waals surface area contributed by atoms with Crippen LogP contribution in [0.4, 0.5) is 0 Å². The van der Waals surface area contributed by atoms with Crippen LogP contribution in [0.2, 0.25) is 0 Å². The minimum Gasteiger partial charge on any atom is -0.496 e. The molecule has 1 aliphatic rings. The summed E-state index contributed by atoms with van der Waals surface area (Å²) in [4.78, 5) is 18.3. The number of aliphatic carboxylic acids is 1. The number of carboxylic acids is 1. The minimum atomic E-state index is -0.855. The van der Waals surface area contributed by atoms with E-state index in [0.29, 0.717) is 31.0 Å². The van der Waals surface area contributed by atoms with Gasteiger partial charge >= 0.3 is 5.97 Å². The Morgan fingerprint density at radius 3 is 2.70 bits per heavy atom. The molecule has 1 saturated heterocycles. The molecule has 1 N–H and O–H groups in total. The predicted molar refractivity (Wildman–Crippen MR) is 102 cm³/mol. The fraction of sp³-hybridized carbons (Fsp3) is 0.429. The molecule has 144 valence electrons. The lowest BCUT2D eigenvalue weighted by Crippen LogP contribution is -2.42. The monoisotopic (exact) mass is 370 g/mol. The normalized spacial score (nSPS) is 16.8. The molecule has 0 spiro atoms. The van der Waals surface area contributed by atoms with Gasteiger partial charge in [-0.3, -0.25) is 14.7 Å². The number of carboxylic acid groups (broad SMARTS) is 1. The van der Waals surface area contributed by atoms with Crippen LogP contribution < -0.4 is 4.74 Å². The Bertz CT molecular complexity index is 758. The molecule has 2 aromatic rings. The molecule has 1 aromatic carbocycles. The van der Waals surface area contributed by atoms with E-state index in [4.69, 9.17) is 9.47 Å². The van der Waals surface area contributed by atoms with E-state index in [1.165, 1.54) is 0 Å². The second-order valence-corrected chi connectivity index (χ2v) is 6.85. The first kappa shape index (κ1) is 19.3. The molecule has 0 bridgehead atoms. The first-order valence-corrected chi connectivity index (χ1v) is 9.21. The molecular formula is C21H26N2O4. The largest absolute Gasteiger partial charge is 0.496 e. The third-order valence-electron chi connectivity index (χ3n) is 4.95. The molecule has 1 aliphatic heterocycles. The van der Waals surface area contributed by atoms with Crippen LogP contribution in [-0.4, -0.2) is 47.3 Å². The number of nitrogens with zero attached hydrogens (tertiary/aromatic N) is 2. The number of ether oxygens (including phenoxy) is 2. The van der Waals surface area contributed by atoms with Crippen LogP contribution in [0.25, 0.3) is 0 Å². The molecular weight excluding hydrogens is 344 g/mol. The van der Waals surface area contributed by atoms with Crippen LogP contribution in [0, 0.1) is 6.92 Å². The average molecular weight is 370 g/mol. The Hall–Kier alpha value is -2.44. The highest BCUT2D eigenvalue weighted by Gasteiger charge is 2.33. The van der Waals surface area contributed by atoms with Gasteiger partial charge in [0.05, 0.1) is 25.5 Å². The zero-order valence-corrected chi connectivity index (χ0v) is 15.8. The van der Waals surface area contributed by atoms with E-state index in [-0.39, 0.29) is 6.10 Å². The number of benzene rings is 1. The van der Waals surface area contributed by atoms with Crippen molar-refractivity contribution in [2.75, 3.05) is 20.2 Å². The second-order valence-electron chi connectivity index (χ2n) is 6.85. The molecule has 1 atom stereocenters. The molecule has 0 radical (unpaired) electrons. The van der Waals surface area contributed by atoms with Crippen molar-refractivity contribution in [3.05, 3.63) is 59.4 Å². The van der Waals surface area contributed by atoms with Crippen molar-refractivity contribution in [1.29, 1.82) is 0 Å². The lowest BCUT2D eigenvalue weighted by molar-refractivity contribution is -0.145. The van der Waals surface area contributed by atoms with Gasteiger partial charge in [-0.2, -0.15) is 0 Å². The Kier molecular flexibility index (Phi) is 6.42. The number of piperidine rings is 1. The zero-order chi connectivity index (χ0) is 19.2. The van der Waals surface area contributed by atoms with Gasteiger partial charge in [-0.05, 0) is 38.0 Å². The van der Waals surface area contributed by atoms with E-state index >= 15 is 0 Å². The van der Waals surface area contributed by atoms with E-state index in [2.05, 4.69) is 4.98 Å². The lowest BCUT2D eigenvalue weighted by Gasteiger charge is -2.36. The van der Waals surface area contributed by atoms with E-state index in [9.17, 15) is 9.90 Å². The van der Waals surface area contributed by atoms with Gasteiger partial charge in [0.2, 0.25) is 0 Å². The van der Waals surface area contributed by atoms with Gasteiger partial charge in [0, 0.05) is 24.8 Å². The molecule has 6 heteroatoms. The summed E-state index contributed by atoms with van der Waals surface area (Å²) in [6.07, 6.45) is 3.47. The van der Waals surface area contributed by atoms with Crippen molar-refractivity contribution in [3.8, 4) is 5.75 Å². The summed E-state index contributed by atoms with van der Waals surface area (Å²) in [5, 5.41) is 9.87.